The van der Waals surface area contributed by atoms with Gasteiger partial charge in [0.1, 0.15) is 11.0 Å². The van der Waals surface area contributed by atoms with Crippen molar-refractivity contribution in [1.29, 1.82) is 0 Å². The van der Waals surface area contributed by atoms with E-state index in [1.807, 2.05) is 32.0 Å². The number of rotatable bonds is 9. The first-order valence-corrected chi connectivity index (χ1v) is 16.6. The van der Waals surface area contributed by atoms with Crippen molar-refractivity contribution < 1.29 is 18.8 Å². The molecule has 3 aliphatic rings. The second-order valence-electron chi connectivity index (χ2n) is 12.1. The van der Waals surface area contributed by atoms with Gasteiger partial charge < -0.3 is 18.9 Å². The topological polar surface area (TPSA) is 73.9 Å². The summed E-state index contributed by atoms with van der Waals surface area (Å²) in [6.07, 6.45) is 10.9. The van der Waals surface area contributed by atoms with Crippen molar-refractivity contribution in [2.24, 2.45) is 11.8 Å². The van der Waals surface area contributed by atoms with Crippen LogP contribution in [0.1, 0.15) is 74.4 Å². The van der Waals surface area contributed by atoms with E-state index in [-0.39, 0.29) is 22.7 Å². The van der Waals surface area contributed by atoms with Crippen molar-refractivity contribution in [3.8, 4) is 5.75 Å². The number of anilines is 1. The molecule has 0 saturated heterocycles. The third-order valence-electron chi connectivity index (χ3n) is 9.11. The van der Waals surface area contributed by atoms with E-state index in [9.17, 15) is 9.35 Å². The number of fused-ring (bicyclic) bond motifs is 3. The lowest BCUT2D eigenvalue weighted by Crippen LogP contribution is -2.49. The highest BCUT2D eigenvalue weighted by molar-refractivity contribution is 7.90. The number of nitrogens with one attached hydrogen (secondary N) is 1. The van der Waals surface area contributed by atoms with Crippen LogP contribution in [-0.4, -0.2) is 48.6 Å². The first-order chi connectivity index (χ1) is 19.7. The number of carbonyl (C=O) groups is 1. The van der Waals surface area contributed by atoms with Crippen LogP contribution < -0.4 is 14.4 Å². The standard InChI is InChI=1S/C33H43ClN2O4S/c1-5-6-9-30(39-4)27-13-10-25(27)19-36-20-33(16-7-8-23-17-26(34)12-14-28(23)33)21-40-31-15-11-24(18-29(31)36)32(37)35-41(38)22(2)3/h6,9,11-12,14-15,17-18,22,25,27,30H,5,7-8,10,13,16,19-21H2,1-4H3,(H,35,37)/b9-6+. The summed E-state index contributed by atoms with van der Waals surface area (Å²) in [6, 6.07) is 11.9. The van der Waals surface area contributed by atoms with Gasteiger partial charge in [0.25, 0.3) is 5.91 Å². The van der Waals surface area contributed by atoms with Crippen LogP contribution in [0, 0.1) is 11.8 Å². The molecule has 5 atom stereocenters. The number of hydrogen-bond donors (Lipinski definition) is 1. The lowest BCUT2D eigenvalue weighted by molar-refractivity contribution is 0.0132. The molecule has 5 unspecified atom stereocenters. The minimum absolute atomic E-state index is 0.103. The van der Waals surface area contributed by atoms with E-state index in [1.54, 1.807) is 13.2 Å². The van der Waals surface area contributed by atoms with Gasteiger partial charge in [-0.15, -0.1) is 0 Å². The molecule has 0 bridgehead atoms. The van der Waals surface area contributed by atoms with E-state index in [1.165, 1.54) is 11.1 Å². The van der Waals surface area contributed by atoms with Gasteiger partial charge in [0, 0.05) is 36.2 Å². The predicted octanol–water partition coefficient (Wildman–Crippen LogP) is 6.62. The third-order valence-corrected chi connectivity index (χ3v) is 10.6. The SMILES string of the molecule is CC/C=C/C(OC)C1CCC1CN1CC2(CCCc3cc(Cl)ccc32)COc2ccc(C(=O)N[S+]([O-])C(C)C)cc21. The fourth-order valence-electron chi connectivity index (χ4n) is 6.73. The first kappa shape index (κ1) is 30.3. The number of halogens is 1. The normalized spacial score (nSPS) is 25.2. The molecule has 2 aromatic rings. The van der Waals surface area contributed by atoms with Gasteiger partial charge >= 0.3 is 0 Å². The summed E-state index contributed by atoms with van der Waals surface area (Å²) in [4.78, 5) is 15.6. The van der Waals surface area contributed by atoms with E-state index in [2.05, 4.69) is 40.8 Å². The smallest absolute Gasteiger partial charge is 0.292 e. The van der Waals surface area contributed by atoms with Crippen LogP contribution in [0.4, 0.5) is 5.69 Å². The number of hydrogen-bond acceptors (Lipinski definition) is 5. The zero-order valence-corrected chi connectivity index (χ0v) is 26.2. The molecule has 0 aromatic heterocycles. The van der Waals surface area contributed by atoms with Gasteiger partial charge in [-0.1, -0.05) is 36.7 Å². The zero-order valence-electron chi connectivity index (χ0n) is 24.7. The number of benzene rings is 2. The van der Waals surface area contributed by atoms with Crippen LogP contribution in [-0.2, 0) is 27.9 Å². The van der Waals surface area contributed by atoms with Crippen LogP contribution in [0.15, 0.2) is 48.6 Å². The molecular formula is C33H43ClN2O4S. The lowest BCUT2D eigenvalue weighted by Gasteiger charge is -2.46. The Hall–Kier alpha value is -2.19. The zero-order chi connectivity index (χ0) is 29.1. The molecule has 2 aliphatic carbocycles. The predicted molar refractivity (Wildman–Crippen MR) is 167 cm³/mol. The van der Waals surface area contributed by atoms with E-state index in [0.717, 1.165) is 68.1 Å². The van der Waals surface area contributed by atoms with Gasteiger partial charge in [0.2, 0.25) is 0 Å². The Balaban J connectivity index is 1.50. The lowest BCUT2D eigenvalue weighted by atomic mass is 9.68. The molecule has 5 rings (SSSR count). The molecule has 1 saturated carbocycles. The molecule has 222 valence electrons. The molecule has 41 heavy (non-hydrogen) atoms. The molecule has 1 fully saturated rings. The molecule has 6 nitrogen and oxygen atoms in total. The Kier molecular flexibility index (Phi) is 9.59. The molecule has 8 heteroatoms. The average molecular weight is 599 g/mol. The van der Waals surface area contributed by atoms with Crippen molar-refractivity contribution in [2.75, 3.05) is 31.7 Å². The van der Waals surface area contributed by atoms with Gasteiger partial charge in [-0.25, -0.2) is 0 Å². The molecule has 1 amide bonds. The average Bonchev–Trinajstić information content (AvgIpc) is 3.09. The second kappa shape index (κ2) is 13.0. The van der Waals surface area contributed by atoms with Crippen molar-refractivity contribution in [1.82, 2.24) is 4.72 Å². The van der Waals surface area contributed by atoms with Crippen LogP contribution in [0.3, 0.4) is 0 Å². The van der Waals surface area contributed by atoms with Crippen molar-refractivity contribution in [3.05, 3.63) is 70.3 Å². The highest BCUT2D eigenvalue weighted by Crippen LogP contribution is 2.47. The Morgan fingerprint density at radius 3 is 2.83 bits per heavy atom. The molecule has 1 spiro atoms. The molecular weight excluding hydrogens is 556 g/mol. The van der Waals surface area contributed by atoms with Crippen molar-refractivity contribution in [2.45, 2.75) is 76.1 Å². The van der Waals surface area contributed by atoms with Gasteiger partial charge in [-0.3, -0.25) is 4.79 Å². The van der Waals surface area contributed by atoms with Gasteiger partial charge in [-0.2, -0.15) is 4.72 Å². The monoisotopic (exact) mass is 598 g/mol. The van der Waals surface area contributed by atoms with E-state index < -0.39 is 11.4 Å². The third kappa shape index (κ3) is 6.43. The summed E-state index contributed by atoms with van der Waals surface area (Å²) in [6.45, 7) is 8.03. The maximum Gasteiger partial charge on any atom is 0.292 e. The minimum atomic E-state index is -1.44. The van der Waals surface area contributed by atoms with Gasteiger partial charge in [0.05, 0.1) is 29.8 Å². The van der Waals surface area contributed by atoms with Crippen LogP contribution in [0.5, 0.6) is 5.75 Å². The summed E-state index contributed by atoms with van der Waals surface area (Å²) in [5.74, 6) is 1.36. The van der Waals surface area contributed by atoms with Crippen LogP contribution in [0.2, 0.25) is 5.02 Å². The summed E-state index contributed by atoms with van der Waals surface area (Å²) in [7, 11) is 1.81. The molecule has 1 N–H and O–H groups in total. The number of allylic oxidation sites excluding steroid dienone is 1. The number of carbonyl (C=O) groups excluding carboxylic acids is 1. The molecule has 2 aromatic carbocycles. The maximum atomic E-state index is 13.1. The Labute approximate surface area is 253 Å². The summed E-state index contributed by atoms with van der Waals surface area (Å²) in [5.41, 5.74) is 3.86. The highest BCUT2D eigenvalue weighted by atomic mass is 35.5. The Morgan fingerprint density at radius 1 is 1.29 bits per heavy atom. The largest absolute Gasteiger partial charge is 0.593 e. The van der Waals surface area contributed by atoms with Crippen molar-refractivity contribution in [3.63, 3.8) is 0 Å². The number of nitrogens with zero attached hydrogens (tertiary/aromatic N) is 1. The fraction of sp³-hybridized carbons (Fsp3) is 0.545. The number of ether oxygens (including phenoxy) is 2. The highest BCUT2D eigenvalue weighted by Gasteiger charge is 2.44. The van der Waals surface area contributed by atoms with E-state index in [4.69, 9.17) is 21.1 Å². The van der Waals surface area contributed by atoms with Crippen LogP contribution in [0.25, 0.3) is 0 Å². The number of amides is 1. The van der Waals surface area contributed by atoms with Gasteiger partial charge in [-0.05, 0) is 106 Å². The van der Waals surface area contributed by atoms with Gasteiger partial charge in [0.15, 0.2) is 0 Å². The Bertz CT molecular complexity index is 1270. The summed E-state index contributed by atoms with van der Waals surface area (Å²) in [5, 5.41) is 0.610. The fourth-order valence-corrected chi connectivity index (χ4v) is 7.46. The Morgan fingerprint density at radius 2 is 2.12 bits per heavy atom. The number of aryl methyl sites for hydroxylation is 1. The first-order valence-electron chi connectivity index (χ1n) is 15.0. The molecule has 0 radical (unpaired) electrons. The van der Waals surface area contributed by atoms with Crippen LogP contribution >= 0.6 is 11.6 Å². The van der Waals surface area contributed by atoms with E-state index >= 15 is 0 Å². The van der Waals surface area contributed by atoms with Crippen molar-refractivity contribution >= 4 is 34.6 Å². The minimum Gasteiger partial charge on any atom is -0.593 e. The molecule has 1 aliphatic heterocycles. The maximum absolute atomic E-state index is 13.1. The second-order valence-corrected chi connectivity index (χ2v) is 14.3. The summed E-state index contributed by atoms with van der Waals surface area (Å²) < 4.78 is 27.6. The molecule has 1 heterocycles. The number of methoxy groups -OCH3 is 1. The quantitative estimate of drug-likeness (QED) is 0.259. The summed E-state index contributed by atoms with van der Waals surface area (Å²) >= 11 is 4.97. The van der Waals surface area contributed by atoms with E-state index in [0.29, 0.717) is 24.0 Å².